The standard InChI is InChI=1S/C20H22N2O/c23-19-18(14-17-8-4-5-11-21-17)22-12-9-20(19,10-13-22)15-16-6-2-1-3-7-16/h1-8,11,18H,9-10,12-15H2. The first-order valence-corrected chi connectivity index (χ1v) is 8.49. The summed E-state index contributed by atoms with van der Waals surface area (Å²) in [7, 11) is 0. The molecule has 3 fully saturated rings. The molecule has 5 rings (SSSR count). The molecule has 1 aromatic carbocycles. The fourth-order valence-corrected chi connectivity index (χ4v) is 4.22. The first-order chi connectivity index (χ1) is 11.3. The normalized spacial score (nSPS) is 29.7. The quantitative estimate of drug-likeness (QED) is 0.871. The molecule has 118 valence electrons. The molecule has 0 saturated carbocycles. The smallest absolute Gasteiger partial charge is 0.156 e. The van der Waals surface area contributed by atoms with E-state index in [2.05, 4.69) is 34.1 Å². The summed E-state index contributed by atoms with van der Waals surface area (Å²) in [5.41, 5.74) is 2.15. The van der Waals surface area contributed by atoms with E-state index in [4.69, 9.17) is 0 Å². The number of nitrogens with zero attached hydrogens (tertiary/aromatic N) is 2. The minimum Gasteiger partial charge on any atom is -0.297 e. The molecule has 3 aliphatic heterocycles. The molecule has 23 heavy (non-hydrogen) atoms. The summed E-state index contributed by atoms with van der Waals surface area (Å²) < 4.78 is 0. The van der Waals surface area contributed by atoms with Gasteiger partial charge in [-0.25, -0.2) is 0 Å². The minimum atomic E-state index is -0.157. The molecule has 3 heteroatoms. The molecular weight excluding hydrogens is 284 g/mol. The van der Waals surface area contributed by atoms with Crippen molar-refractivity contribution in [2.24, 2.45) is 5.41 Å². The first kappa shape index (κ1) is 14.6. The van der Waals surface area contributed by atoms with Crippen molar-refractivity contribution in [2.75, 3.05) is 13.1 Å². The van der Waals surface area contributed by atoms with Gasteiger partial charge in [0.05, 0.1) is 6.04 Å². The van der Waals surface area contributed by atoms with Crippen LogP contribution in [0.25, 0.3) is 0 Å². The summed E-state index contributed by atoms with van der Waals surface area (Å²) in [5.74, 6) is 0.435. The maximum Gasteiger partial charge on any atom is 0.156 e. The van der Waals surface area contributed by atoms with Gasteiger partial charge in [-0.15, -0.1) is 0 Å². The topological polar surface area (TPSA) is 33.2 Å². The second-order valence-corrected chi connectivity index (χ2v) is 6.88. The van der Waals surface area contributed by atoms with Crippen LogP contribution < -0.4 is 0 Å². The van der Waals surface area contributed by atoms with Gasteiger partial charge in [0, 0.05) is 23.7 Å². The second kappa shape index (κ2) is 5.89. The number of carbonyl (C=O) groups excluding carboxylic acids is 1. The Hall–Kier alpha value is -2.00. The number of benzene rings is 1. The highest BCUT2D eigenvalue weighted by atomic mass is 16.1. The highest BCUT2D eigenvalue weighted by Gasteiger charge is 2.51. The lowest BCUT2D eigenvalue weighted by atomic mass is 9.64. The maximum absolute atomic E-state index is 13.2. The molecule has 0 aliphatic carbocycles. The van der Waals surface area contributed by atoms with Gasteiger partial charge in [-0.2, -0.15) is 0 Å². The van der Waals surface area contributed by atoms with Gasteiger partial charge in [-0.3, -0.25) is 14.7 Å². The summed E-state index contributed by atoms with van der Waals surface area (Å²) >= 11 is 0. The van der Waals surface area contributed by atoms with E-state index in [0.717, 1.165) is 44.5 Å². The van der Waals surface area contributed by atoms with Crippen LogP contribution in [0.4, 0.5) is 0 Å². The average molecular weight is 306 g/mol. The number of fused-ring (bicyclic) bond motifs is 3. The van der Waals surface area contributed by atoms with E-state index < -0.39 is 0 Å². The van der Waals surface area contributed by atoms with Crippen molar-refractivity contribution in [2.45, 2.75) is 31.7 Å². The van der Waals surface area contributed by atoms with Crippen molar-refractivity contribution in [1.82, 2.24) is 9.88 Å². The Morgan fingerprint density at radius 2 is 1.78 bits per heavy atom. The number of hydrogen-bond acceptors (Lipinski definition) is 3. The Bertz CT molecular complexity index is 675. The van der Waals surface area contributed by atoms with E-state index in [9.17, 15) is 4.79 Å². The van der Waals surface area contributed by atoms with Gasteiger partial charge in [-0.1, -0.05) is 36.4 Å². The summed E-state index contributed by atoms with van der Waals surface area (Å²) in [6.07, 6.45) is 5.45. The van der Waals surface area contributed by atoms with Crippen LogP contribution in [0.3, 0.4) is 0 Å². The number of rotatable bonds is 4. The average Bonchev–Trinajstić information content (AvgIpc) is 2.61. The van der Waals surface area contributed by atoms with E-state index in [1.54, 1.807) is 0 Å². The molecule has 3 aliphatic rings. The third-order valence-electron chi connectivity index (χ3n) is 5.54. The van der Waals surface area contributed by atoms with Crippen LogP contribution in [0.1, 0.15) is 24.1 Å². The summed E-state index contributed by atoms with van der Waals surface area (Å²) in [6, 6.07) is 16.4. The van der Waals surface area contributed by atoms with Crippen LogP contribution in [0.2, 0.25) is 0 Å². The Morgan fingerprint density at radius 3 is 2.48 bits per heavy atom. The van der Waals surface area contributed by atoms with Gasteiger partial charge in [0.2, 0.25) is 0 Å². The molecule has 2 aromatic rings. The molecule has 1 atom stereocenters. The SMILES string of the molecule is O=C1C(Cc2ccccn2)N2CCC1(Cc1ccccc1)CC2. The lowest BCUT2D eigenvalue weighted by molar-refractivity contribution is -0.147. The molecule has 1 unspecified atom stereocenters. The molecule has 1 aromatic heterocycles. The lowest BCUT2D eigenvalue weighted by Crippen LogP contribution is -2.62. The zero-order valence-corrected chi connectivity index (χ0v) is 13.3. The summed E-state index contributed by atoms with van der Waals surface area (Å²) in [5, 5.41) is 0. The number of piperidine rings is 3. The Kier molecular flexibility index (Phi) is 3.74. The molecule has 2 bridgehead atoms. The summed E-state index contributed by atoms with van der Waals surface area (Å²) in [6.45, 7) is 2.08. The van der Waals surface area contributed by atoms with Crippen molar-refractivity contribution >= 4 is 5.78 Å². The molecule has 0 N–H and O–H groups in total. The van der Waals surface area contributed by atoms with Gasteiger partial charge < -0.3 is 0 Å². The third-order valence-corrected chi connectivity index (χ3v) is 5.54. The Labute approximate surface area is 137 Å². The van der Waals surface area contributed by atoms with Gasteiger partial charge in [0.25, 0.3) is 0 Å². The number of aromatic nitrogens is 1. The zero-order chi connectivity index (χ0) is 15.7. The monoisotopic (exact) mass is 306 g/mol. The fourth-order valence-electron chi connectivity index (χ4n) is 4.22. The molecule has 0 radical (unpaired) electrons. The van der Waals surface area contributed by atoms with Gasteiger partial charge in [-0.05, 0) is 50.0 Å². The van der Waals surface area contributed by atoms with Crippen molar-refractivity contribution in [1.29, 1.82) is 0 Å². The molecule has 3 nitrogen and oxygen atoms in total. The Morgan fingerprint density at radius 1 is 1.04 bits per heavy atom. The first-order valence-electron chi connectivity index (χ1n) is 8.49. The van der Waals surface area contributed by atoms with Crippen LogP contribution in [-0.4, -0.2) is 34.8 Å². The van der Waals surface area contributed by atoms with E-state index in [-0.39, 0.29) is 11.5 Å². The van der Waals surface area contributed by atoms with Crippen molar-refractivity contribution in [3.8, 4) is 0 Å². The number of pyridine rings is 1. The second-order valence-electron chi connectivity index (χ2n) is 6.88. The van der Waals surface area contributed by atoms with Gasteiger partial charge >= 0.3 is 0 Å². The van der Waals surface area contributed by atoms with E-state index >= 15 is 0 Å². The Balaban J connectivity index is 1.58. The number of hydrogen-bond donors (Lipinski definition) is 0. The molecular formula is C20H22N2O. The molecule has 0 spiro atoms. The van der Waals surface area contributed by atoms with Gasteiger partial charge in [0.15, 0.2) is 5.78 Å². The van der Waals surface area contributed by atoms with Crippen molar-refractivity contribution in [3.05, 3.63) is 66.0 Å². The number of Topliss-reactive ketones (excluding diaryl/α,β-unsaturated/α-hetero) is 1. The minimum absolute atomic E-state index is 0.0103. The van der Waals surface area contributed by atoms with Crippen LogP contribution >= 0.6 is 0 Å². The summed E-state index contributed by atoms with van der Waals surface area (Å²) in [4.78, 5) is 20.0. The van der Waals surface area contributed by atoms with Crippen LogP contribution in [0.5, 0.6) is 0 Å². The predicted octanol–water partition coefficient (Wildman–Crippen LogP) is 2.90. The highest BCUT2D eigenvalue weighted by molar-refractivity contribution is 5.91. The van der Waals surface area contributed by atoms with Crippen molar-refractivity contribution in [3.63, 3.8) is 0 Å². The highest BCUT2D eigenvalue weighted by Crippen LogP contribution is 2.43. The predicted molar refractivity (Wildman–Crippen MR) is 90.1 cm³/mol. The molecule has 3 saturated heterocycles. The van der Waals surface area contributed by atoms with Crippen molar-refractivity contribution < 1.29 is 4.79 Å². The third kappa shape index (κ3) is 2.70. The van der Waals surface area contributed by atoms with E-state index in [0.29, 0.717) is 5.78 Å². The van der Waals surface area contributed by atoms with E-state index in [1.807, 2.05) is 30.5 Å². The van der Waals surface area contributed by atoms with Gasteiger partial charge in [0.1, 0.15) is 0 Å². The number of carbonyl (C=O) groups is 1. The molecule has 0 amide bonds. The maximum atomic E-state index is 13.2. The van der Waals surface area contributed by atoms with Crippen LogP contribution in [0.15, 0.2) is 54.7 Å². The largest absolute Gasteiger partial charge is 0.297 e. The number of ketones is 1. The van der Waals surface area contributed by atoms with Crippen LogP contribution in [0, 0.1) is 5.41 Å². The van der Waals surface area contributed by atoms with E-state index in [1.165, 1.54) is 5.56 Å². The fraction of sp³-hybridized carbons (Fsp3) is 0.400. The zero-order valence-electron chi connectivity index (χ0n) is 13.3. The van der Waals surface area contributed by atoms with Crippen LogP contribution in [-0.2, 0) is 17.6 Å². The molecule has 4 heterocycles. The lowest BCUT2D eigenvalue weighted by Gasteiger charge is -2.51.